The van der Waals surface area contributed by atoms with Gasteiger partial charge >= 0.3 is 0 Å². The van der Waals surface area contributed by atoms with Gasteiger partial charge in [-0.15, -0.1) is 15.3 Å². The van der Waals surface area contributed by atoms with Crippen molar-refractivity contribution in [2.45, 2.75) is 6.42 Å². The van der Waals surface area contributed by atoms with Crippen molar-refractivity contribution in [3.05, 3.63) is 53.6 Å². The van der Waals surface area contributed by atoms with E-state index in [1.807, 2.05) is 17.0 Å². The van der Waals surface area contributed by atoms with Crippen molar-refractivity contribution < 1.29 is 18.0 Å². The molecule has 2 aromatic heterocycles. The number of benzene rings is 1. The topological polar surface area (TPSA) is 66.6 Å². The van der Waals surface area contributed by atoms with E-state index in [9.17, 15) is 18.0 Å². The van der Waals surface area contributed by atoms with Crippen molar-refractivity contribution in [2.75, 3.05) is 31.1 Å². The molecule has 27 heavy (non-hydrogen) atoms. The number of amides is 1. The van der Waals surface area contributed by atoms with E-state index in [0.29, 0.717) is 31.8 Å². The summed E-state index contributed by atoms with van der Waals surface area (Å²) in [4.78, 5) is 16.0. The zero-order chi connectivity index (χ0) is 19.0. The Hall–Kier alpha value is -3.17. The number of halogens is 3. The maximum Gasteiger partial charge on any atom is 0.227 e. The van der Waals surface area contributed by atoms with Crippen LogP contribution >= 0.6 is 0 Å². The van der Waals surface area contributed by atoms with Gasteiger partial charge in [-0.05, 0) is 29.8 Å². The van der Waals surface area contributed by atoms with E-state index in [-0.39, 0.29) is 17.9 Å². The molecule has 1 aromatic carbocycles. The van der Waals surface area contributed by atoms with Crippen LogP contribution in [-0.2, 0) is 11.2 Å². The van der Waals surface area contributed by atoms with Crippen LogP contribution in [0.3, 0.4) is 0 Å². The molecule has 0 aliphatic carbocycles. The summed E-state index contributed by atoms with van der Waals surface area (Å²) in [6.45, 7) is 2.04. The van der Waals surface area contributed by atoms with Crippen LogP contribution in [0, 0.1) is 17.5 Å². The molecule has 1 fully saturated rings. The van der Waals surface area contributed by atoms with Gasteiger partial charge in [-0.3, -0.25) is 4.79 Å². The van der Waals surface area contributed by atoms with Crippen molar-refractivity contribution in [2.24, 2.45) is 0 Å². The normalized spacial score (nSPS) is 14.8. The van der Waals surface area contributed by atoms with E-state index < -0.39 is 17.5 Å². The molecule has 0 unspecified atom stereocenters. The summed E-state index contributed by atoms with van der Waals surface area (Å²) < 4.78 is 41.2. The van der Waals surface area contributed by atoms with Crippen LogP contribution in [0.1, 0.15) is 5.56 Å². The van der Waals surface area contributed by atoms with Gasteiger partial charge in [-0.25, -0.2) is 13.2 Å². The smallest absolute Gasteiger partial charge is 0.227 e. The fraction of sp³-hybridized carbons (Fsp3) is 0.294. The van der Waals surface area contributed by atoms with Gasteiger partial charge in [0.2, 0.25) is 5.91 Å². The molecule has 3 aromatic rings. The fourth-order valence-corrected chi connectivity index (χ4v) is 3.07. The van der Waals surface area contributed by atoms with Crippen LogP contribution < -0.4 is 4.90 Å². The number of carbonyl (C=O) groups excluding carboxylic acids is 1. The van der Waals surface area contributed by atoms with E-state index in [0.717, 1.165) is 18.0 Å². The van der Waals surface area contributed by atoms with Crippen molar-refractivity contribution >= 4 is 17.4 Å². The maximum atomic E-state index is 13.3. The summed E-state index contributed by atoms with van der Waals surface area (Å²) in [5.74, 6) is -3.63. The largest absolute Gasteiger partial charge is 0.352 e. The molecule has 10 heteroatoms. The second kappa shape index (κ2) is 6.86. The Bertz CT molecular complexity index is 976. The third-order valence-corrected chi connectivity index (χ3v) is 4.50. The number of hydrogen-bond donors (Lipinski definition) is 0. The molecule has 1 amide bonds. The summed E-state index contributed by atoms with van der Waals surface area (Å²) in [7, 11) is 0. The molecule has 0 saturated carbocycles. The monoisotopic (exact) mass is 376 g/mol. The second-order valence-corrected chi connectivity index (χ2v) is 6.24. The molecule has 0 N–H and O–H groups in total. The first-order chi connectivity index (χ1) is 13.0. The summed E-state index contributed by atoms with van der Waals surface area (Å²) >= 11 is 0. The minimum Gasteiger partial charge on any atom is -0.352 e. The van der Waals surface area contributed by atoms with Gasteiger partial charge in [0, 0.05) is 26.2 Å². The molecule has 7 nitrogen and oxygen atoms in total. The highest BCUT2D eigenvalue weighted by atomic mass is 19.2. The van der Waals surface area contributed by atoms with Crippen LogP contribution in [-0.4, -0.2) is 56.8 Å². The van der Waals surface area contributed by atoms with Gasteiger partial charge in [0.1, 0.15) is 12.1 Å². The third kappa shape index (κ3) is 3.42. The predicted octanol–water partition coefficient (Wildman–Crippen LogP) is 1.43. The minimum atomic E-state index is -1.53. The predicted molar refractivity (Wildman–Crippen MR) is 89.6 cm³/mol. The van der Waals surface area contributed by atoms with Crippen LogP contribution in [0.4, 0.5) is 19.0 Å². The van der Waals surface area contributed by atoms with Crippen LogP contribution in [0.15, 0.2) is 30.6 Å². The van der Waals surface area contributed by atoms with E-state index in [4.69, 9.17) is 0 Å². The van der Waals surface area contributed by atoms with Gasteiger partial charge in [0.15, 0.2) is 23.1 Å². The van der Waals surface area contributed by atoms with Gasteiger partial charge in [0.25, 0.3) is 0 Å². The lowest BCUT2D eigenvalue weighted by Crippen LogP contribution is -2.49. The highest BCUT2D eigenvalue weighted by molar-refractivity contribution is 5.79. The lowest BCUT2D eigenvalue weighted by atomic mass is 10.1. The first-order valence-electron chi connectivity index (χ1n) is 8.34. The quantitative estimate of drug-likeness (QED) is 0.647. The zero-order valence-electron chi connectivity index (χ0n) is 14.1. The molecule has 1 aliphatic heterocycles. The molecule has 0 radical (unpaired) electrons. The number of rotatable bonds is 3. The molecule has 0 atom stereocenters. The van der Waals surface area contributed by atoms with Crippen molar-refractivity contribution in [3.63, 3.8) is 0 Å². The van der Waals surface area contributed by atoms with Crippen LogP contribution in [0.25, 0.3) is 5.65 Å². The third-order valence-electron chi connectivity index (χ3n) is 4.50. The number of anilines is 1. The first kappa shape index (κ1) is 17.3. The highest BCUT2D eigenvalue weighted by Crippen LogP contribution is 2.17. The first-order valence-corrected chi connectivity index (χ1v) is 8.34. The van der Waals surface area contributed by atoms with Crippen molar-refractivity contribution in [1.82, 2.24) is 24.7 Å². The Labute approximate surface area is 152 Å². The zero-order valence-corrected chi connectivity index (χ0v) is 14.1. The van der Waals surface area contributed by atoms with E-state index in [1.54, 1.807) is 9.42 Å². The van der Waals surface area contributed by atoms with Gasteiger partial charge in [-0.1, -0.05) is 0 Å². The van der Waals surface area contributed by atoms with Crippen LogP contribution in [0.2, 0.25) is 0 Å². The standard InChI is InChI=1S/C17H15F3N6O/c18-12-7-11(8-13(19)17(12)20)9-16(27)25-5-3-24(4-6-25)15-2-1-14-22-21-10-26(14)23-15/h1-2,7-8,10H,3-6,9H2. The van der Waals surface area contributed by atoms with Gasteiger partial charge < -0.3 is 9.80 Å². The molecule has 1 saturated heterocycles. The van der Waals surface area contributed by atoms with Gasteiger partial charge in [-0.2, -0.15) is 4.52 Å². The molecule has 0 bridgehead atoms. The van der Waals surface area contributed by atoms with E-state index in [1.165, 1.54) is 6.33 Å². The number of aromatic nitrogens is 4. The molecule has 4 rings (SSSR count). The van der Waals surface area contributed by atoms with Crippen LogP contribution in [0.5, 0.6) is 0 Å². The molecular formula is C17H15F3N6O. The Morgan fingerprint density at radius 3 is 2.44 bits per heavy atom. The molecule has 0 spiro atoms. The Balaban J connectivity index is 1.39. The second-order valence-electron chi connectivity index (χ2n) is 6.24. The van der Waals surface area contributed by atoms with E-state index in [2.05, 4.69) is 15.3 Å². The molecule has 3 heterocycles. The SMILES string of the molecule is O=C(Cc1cc(F)c(F)c(F)c1)N1CCN(c2ccc3nncn3n2)CC1. The lowest BCUT2D eigenvalue weighted by Gasteiger charge is -2.35. The molecular weight excluding hydrogens is 361 g/mol. The summed E-state index contributed by atoms with van der Waals surface area (Å²) in [6.07, 6.45) is 1.33. The maximum absolute atomic E-state index is 13.3. The molecule has 140 valence electrons. The fourth-order valence-electron chi connectivity index (χ4n) is 3.07. The highest BCUT2D eigenvalue weighted by Gasteiger charge is 2.23. The Morgan fingerprint density at radius 1 is 1.04 bits per heavy atom. The number of piperazine rings is 1. The Kier molecular flexibility index (Phi) is 4.38. The number of nitrogens with zero attached hydrogens (tertiary/aromatic N) is 6. The average molecular weight is 376 g/mol. The molecule has 1 aliphatic rings. The van der Waals surface area contributed by atoms with Gasteiger partial charge in [0.05, 0.1) is 6.42 Å². The summed E-state index contributed by atoms with van der Waals surface area (Å²) in [5.41, 5.74) is 0.755. The van der Waals surface area contributed by atoms with Crippen molar-refractivity contribution in [1.29, 1.82) is 0 Å². The summed E-state index contributed by atoms with van der Waals surface area (Å²) in [6, 6.07) is 5.35. The Morgan fingerprint density at radius 2 is 1.74 bits per heavy atom. The summed E-state index contributed by atoms with van der Waals surface area (Å²) in [5, 5.41) is 12.1. The number of hydrogen-bond acceptors (Lipinski definition) is 5. The number of carbonyl (C=O) groups is 1. The minimum absolute atomic E-state index is 0.110. The number of fused-ring (bicyclic) bond motifs is 1. The average Bonchev–Trinajstić information content (AvgIpc) is 3.14. The van der Waals surface area contributed by atoms with E-state index >= 15 is 0 Å². The van der Waals surface area contributed by atoms with Crippen molar-refractivity contribution in [3.8, 4) is 0 Å². The lowest BCUT2D eigenvalue weighted by molar-refractivity contribution is -0.130.